The number of urea groups is 1. The predicted molar refractivity (Wildman–Crippen MR) is 129 cm³/mol. The van der Waals surface area contributed by atoms with Gasteiger partial charge in [-0.25, -0.2) is 4.79 Å². The molecule has 2 aromatic rings. The number of nitrogens with zero attached hydrogens (tertiary/aromatic N) is 2. The topological polar surface area (TPSA) is 61.9 Å². The first-order chi connectivity index (χ1) is 15.4. The normalized spacial score (nSPS) is 16.4. The van der Waals surface area contributed by atoms with Gasteiger partial charge in [-0.05, 0) is 55.3 Å². The van der Waals surface area contributed by atoms with Crippen LogP contribution in [-0.2, 0) is 11.2 Å². The first-order valence-corrected chi connectivity index (χ1v) is 12.4. The molecule has 32 heavy (non-hydrogen) atoms. The molecule has 1 aliphatic rings. The van der Waals surface area contributed by atoms with Gasteiger partial charge in [0.1, 0.15) is 18.9 Å². The molecule has 3 amide bonds. The van der Waals surface area contributed by atoms with Crippen molar-refractivity contribution < 1.29 is 14.3 Å². The van der Waals surface area contributed by atoms with Gasteiger partial charge in [0.15, 0.2) is 0 Å². The van der Waals surface area contributed by atoms with Gasteiger partial charge < -0.3 is 19.9 Å². The Morgan fingerprint density at radius 3 is 2.66 bits per heavy atom. The Morgan fingerprint density at radius 2 is 1.97 bits per heavy atom. The molecule has 1 aromatic carbocycles. The molecule has 0 bridgehead atoms. The number of carbonyl (C=O) groups is 2. The average molecular weight is 458 g/mol. The zero-order chi connectivity index (χ0) is 23.1. The Morgan fingerprint density at radius 1 is 1.22 bits per heavy atom. The zero-order valence-electron chi connectivity index (χ0n) is 19.5. The molecular formula is C25H35N3O3S. The highest BCUT2D eigenvalue weighted by molar-refractivity contribution is 7.10. The maximum absolute atomic E-state index is 13.5. The summed E-state index contributed by atoms with van der Waals surface area (Å²) in [5.74, 6) is 1.07. The summed E-state index contributed by atoms with van der Waals surface area (Å²) in [5.41, 5.74) is 1.16. The summed E-state index contributed by atoms with van der Waals surface area (Å²) in [4.78, 5) is 31.1. The summed E-state index contributed by atoms with van der Waals surface area (Å²) < 4.78 is 6.06. The van der Waals surface area contributed by atoms with Crippen molar-refractivity contribution in [1.29, 1.82) is 0 Å². The number of fused-ring (bicyclic) bond motifs is 1. The molecule has 0 fully saturated rings. The van der Waals surface area contributed by atoms with Crippen molar-refractivity contribution in [2.75, 3.05) is 26.2 Å². The van der Waals surface area contributed by atoms with Crippen LogP contribution < -0.4 is 10.1 Å². The van der Waals surface area contributed by atoms with Crippen LogP contribution in [0.1, 0.15) is 50.6 Å². The van der Waals surface area contributed by atoms with E-state index in [0.29, 0.717) is 25.6 Å². The summed E-state index contributed by atoms with van der Waals surface area (Å²) >= 11 is 1.73. The van der Waals surface area contributed by atoms with E-state index in [0.717, 1.165) is 24.2 Å². The zero-order valence-corrected chi connectivity index (χ0v) is 20.4. The van der Waals surface area contributed by atoms with Crippen molar-refractivity contribution in [1.82, 2.24) is 15.1 Å². The molecule has 1 aliphatic heterocycles. The summed E-state index contributed by atoms with van der Waals surface area (Å²) in [6, 6.07) is 11.5. The second-order valence-electron chi connectivity index (χ2n) is 8.77. The van der Waals surface area contributed by atoms with E-state index < -0.39 is 0 Å². The molecule has 0 saturated heterocycles. The van der Waals surface area contributed by atoms with Crippen LogP contribution in [0.3, 0.4) is 0 Å². The molecule has 174 valence electrons. The van der Waals surface area contributed by atoms with Crippen LogP contribution >= 0.6 is 11.3 Å². The Labute approximate surface area is 195 Å². The number of amides is 3. The molecule has 2 heterocycles. The molecule has 7 heteroatoms. The number of hydrogen-bond acceptors (Lipinski definition) is 4. The fourth-order valence-corrected chi connectivity index (χ4v) is 4.81. The first-order valence-electron chi connectivity index (χ1n) is 11.5. The van der Waals surface area contributed by atoms with E-state index in [1.54, 1.807) is 16.2 Å². The van der Waals surface area contributed by atoms with Crippen molar-refractivity contribution >= 4 is 23.3 Å². The molecule has 0 saturated carbocycles. The minimum absolute atomic E-state index is 0.0207. The van der Waals surface area contributed by atoms with E-state index >= 15 is 0 Å². The van der Waals surface area contributed by atoms with Gasteiger partial charge in [-0.15, -0.1) is 11.3 Å². The summed E-state index contributed by atoms with van der Waals surface area (Å²) in [7, 11) is 0. The van der Waals surface area contributed by atoms with Gasteiger partial charge in [-0.2, -0.15) is 0 Å². The van der Waals surface area contributed by atoms with Crippen molar-refractivity contribution in [3.05, 3.63) is 52.2 Å². The highest BCUT2D eigenvalue weighted by atomic mass is 32.1. The van der Waals surface area contributed by atoms with Crippen molar-refractivity contribution in [3.8, 4) is 5.75 Å². The van der Waals surface area contributed by atoms with E-state index in [-0.39, 0.29) is 30.6 Å². The molecule has 0 unspecified atom stereocenters. The number of benzene rings is 1. The Kier molecular flexibility index (Phi) is 8.56. The maximum Gasteiger partial charge on any atom is 0.318 e. The standard InChI is InChI=1S/C25H35N3O3S/c1-5-19(4)15-27(25(30)26-18(2)3)16-24(29)28-13-11-23-21(12-14-32-23)22(28)17-31-20-9-7-6-8-10-20/h6-10,12,14,18-19,22H,5,11,13,15-17H2,1-4H3,(H,26,30)/t19-,22+/m1/s1. The molecule has 1 N–H and O–H groups in total. The van der Waals surface area contributed by atoms with Gasteiger partial charge in [0.25, 0.3) is 0 Å². The summed E-state index contributed by atoms with van der Waals surface area (Å²) in [5, 5.41) is 5.03. The average Bonchev–Trinajstić information content (AvgIpc) is 3.26. The van der Waals surface area contributed by atoms with Crippen molar-refractivity contribution in [3.63, 3.8) is 0 Å². The summed E-state index contributed by atoms with van der Waals surface area (Å²) in [6.07, 6.45) is 1.79. The molecule has 1 aromatic heterocycles. The van der Waals surface area contributed by atoms with Crippen molar-refractivity contribution in [2.24, 2.45) is 5.92 Å². The number of hydrogen-bond donors (Lipinski definition) is 1. The van der Waals surface area contributed by atoms with Crippen LogP contribution in [-0.4, -0.2) is 54.0 Å². The maximum atomic E-state index is 13.5. The minimum Gasteiger partial charge on any atom is -0.491 e. The Bertz CT molecular complexity index is 884. The number of carbonyl (C=O) groups excluding carboxylic acids is 2. The number of thiophene rings is 1. The second kappa shape index (κ2) is 11.4. The smallest absolute Gasteiger partial charge is 0.318 e. The number of nitrogens with one attached hydrogen (secondary N) is 1. The Balaban J connectivity index is 1.75. The lowest BCUT2D eigenvalue weighted by Gasteiger charge is -2.37. The third kappa shape index (κ3) is 6.25. The van der Waals surface area contributed by atoms with E-state index in [9.17, 15) is 9.59 Å². The molecule has 3 rings (SSSR count). The van der Waals surface area contributed by atoms with Gasteiger partial charge in [0, 0.05) is 24.0 Å². The van der Waals surface area contributed by atoms with Crippen LogP contribution in [0, 0.1) is 5.92 Å². The van der Waals surface area contributed by atoms with Crippen LogP contribution in [0.2, 0.25) is 0 Å². The number of para-hydroxylation sites is 1. The molecule has 0 radical (unpaired) electrons. The molecule has 0 aliphatic carbocycles. The highest BCUT2D eigenvalue weighted by Gasteiger charge is 2.33. The van der Waals surface area contributed by atoms with Crippen LogP contribution in [0.5, 0.6) is 5.75 Å². The molecule has 6 nitrogen and oxygen atoms in total. The molecule has 2 atom stereocenters. The van der Waals surface area contributed by atoms with E-state index in [1.807, 2.05) is 49.1 Å². The van der Waals surface area contributed by atoms with Gasteiger partial charge in [0.2, 0.25) is 5.91 Å². The number of ether oxygens (including phenoxy) is 1. The first kappa shape index (κ1) is 24.1. The van der Waals surface area contributed by atoms with Crippen molar-refractivity contribution in [2.45, 2.75) is 52.6 Å². The van der Waals surface area contributed by atoms with Gasteiger partial charge in [0.05, 0.1) is 6.04 Å². The summed E-state index contributed by atoms with van der Waals surface area (Å²) in [6.45, 7) is 9.73. The molecule has 0 spiro atoms. The van der Waals surface area contributed by atoms with Gasteiger partial charge in [-0.3, -0.25) is 4.79 Å². The highest BCUT2D eigenvalue weighted by Crippen LogP contribution is 2.34. The SMILES string of the molecule is CC[C@@H](C)CN(CC(=O)N1CCc2sccc2[C@@H]1COc1ccccc1)C(=O)NC(C)C. The fourth-order valence-electron chi connectivity index (χ4n) is 3.88. The quantitative estimate of drug-likeness (QED) is 0.593. The molecular weight excluding hydrogens is 422 g/mol. The lowest BCUT2D eigenvalue weighted by atomic mass is 10.00. The van der Waals surface area contributed by atoms with Crippen LogP contribution in [0.25, 0.3) is 0 Å². The fraction of sp³-hybridized carbons (Fsp3) is 0.520. The second-order valence-corrected chi connectivity index (χ2v) is 9.77. The van der Waals surface area contributed by atoms with Gasteiger partial charge in [-0.1, -0.05) is 38.5 Å². The third-order valence-corrected chi connectivity index (χ3v) is 6.82. The van der Waals surface area contributed by atoms with E-state index in [2.05, 4.69) is 30.6 Å². The predicted octanol–water partition coefficient (Wildman–Crippen LogP) is 4.72. The van der Waals surface area contributed by atoms with Gasteiger partial charge >= 0.3 is 6.03 Å². The minimum atomic E-state index is -0.182. The Hall–Kier alpha value is -2.54. The van der Waals surface area contributed by atoms with Crippen LogP contribution in [0.15, 0.2) is 41.8 Å². The lowest BCUT2D eigenvalue weighted by Crippen LogP contribution is -2.51. The van der Waals surface area contributed by atoms with Crippen LogP contribution in [0.4, 0.5) is 4.79 Å². The number of rotatable bonds is 9. The largest absolute Gasteiger partial charge is 0.491 e. The third-order valence-electron chi connectivity index (χ3n) is 5.82. The van der Waals surface area contributed by atoms with E-state index in [4.69, 9.17) is 4.74 Å². The monoisotopic (exact) mass is 457 g/mol. The van der Waals surface area contributed by atoms with E-state index in [1.165, 1.54) is 4.88 Å². The lowest BCUT2D eigenvalue weighted by molar-refractivity contribution is -0.135.